The first-order valence-corrected chi connectivity index (χ1v) is 13.7. The predicted octanol–water partition coefficient (Wildman–Crippen LogP) is 2.67. The van der Waals surface area contributed by atoms with Crippen LogP contribution in [0, 0.1) is 5.41 Å². The molecule has 0 saturated carbocycles. The lowest BCUT2D eigenvalue weighted by Gasteiger charge is -2.53. The molecule has 5 rings (SSSR count). The number of fused-ring (bicyclic) bond motifs is 1. The number of benzene rings is 1. The van der Waals surface area contributed by atoms with Gasteiger partial charge in [-0.15, -0.1) is 6.58 Å². The van der Waals surface area contributed by atoms with Crippen molar-refractivity contribution in [1.82, 2.24) is 30.0 Å². The van der Waals surface area contributed by atoms with Gasteiger partial charge in [-0.2, -0.15) is 4.98 Å². The van der Waals surface area contributed by atoms with Gasteiger partial charge in [-0.05, 0) is 70.1 Å². The summed E-state index contributed by atoms with van der Waals surface area (Å²) in [6.45, 7) is 12.2. The van der Waals surface area contributed by atoms with Gasteiger partial charge in [-0.3, -0.25) is 14.6 Å². The Morgan fingerprint density at radius 2 is 1.93 bits per heavy atom. The standard InChI is InChI=1S/C29H37N9O2/c1-5-16-37-27(40)23-17-32-28(35-26(23)38(37)24(30-4)10-11-25(39)33-20(2)3)34-21-6-8-22(9-7-21)36-18-29(19-36)12-14-31-15-13-29/h5-11,17,20,31H,1,12-16,18-19H2,2-4H3,(H,33,39)(H,32,34,35)/b11-10-,30-24+. The molecule has 3 aromatic rings. The quantitative estimate of drug-likeness (QED) is 0.173. The average molecular weight is 544 g/mol. The van der Waals surface area contributed by atoms with Gasteiger partial charge in [-0.1, -0.05) is 6.08 Å². The van der Waals surface area contributed by atoms with Crippen molar-refractivity contribution in [1.29, 1.82) is 0 Å². The third-order valence-electron chi connectivity index (χ3n) is 7.44. The molecule has 0 atom stereocenters. The fourth-order valence-electron chi connectivity index (χ4n) is 5.44. The van der Waals surface area contributed by atoms with Gasteiger partial charge < -0.3 is 20.9 Å². The van der Waals surface area contributed by atoms with E-state index in [2.05, 4.69) is 54.5 Å². The Morgan fingerprint density at radius 3 is 2.58 bits per heavy atom. The molecule has 2 saturated heterocycles. The second kappa shape index (κ2) is 11.5. The Bertz CT molecular complexity index is 1500. The molecular formula is C29H37N9O2. The van der Waals surface area contributed by atoms with Gasteiger partial charge in [0.2, 0.25) is 11.9 Å². The van der Waals surface area contributed by atoms with E-state index in [4.69, 9.17) is 0 Å². The molecule has 1 amide bonds. The number of carbonyl (C=O) groups excluding carboxylic acids is 1. The van der Waals surface area contributed by atoms with E-state index in [0.717, 1.165) is 31.9 Å². The number of rotatable bonds is 8. The Morgan fingerprint density at radius 1 is 1.20 bits per heavy atom. The summed E-state index contributed by atoms with van der Waals surface area (Å²) in [5.41, 5.74) is 2.63. The van der Waals surface area contributed by atoms with E-state index in [1.807, 2.05) is 26.0 Å². The number of amides is 1. The fourth-order valence-corrected chi connectivity index (χ4v) is 5.44. The smallest absolute Gasteiger partial charge is 0.278 e. The molecule has 1 spiro atoms. The summed E-state index contributed by atoms with van der Waals surface area (Å²) in [5.74, 6) is 0.470. The maximum Gasteiger partial charge on any atom is 0.278 e. The zero-order valence-electron chi connectivity index (χ0n) is 23.4. The van der Waals surface area contributed by atoms with Crippen LogP contribution in [-0.4, -0.2) is 70.3 Å². The van der Waals surface area contributed by atoms with Crippen LogP contribution in [0.1, 0.15) is 26.7 Å². The third-order valence-corrected chi connectivity index (χ3v) is 7.44. The van der Waals surface area contributed by atoms with Gasteiger partial charge in [0.1, 0.15) is 11.2 Å². The van der Waals surface area contributed by atoms with Crippen LogP contribution in [-0.2, 0) is 11.3 Å². The second-order valence-corrected chi connectivity index (χ2v) is 10.8. The summed E-state index contributed by atoms with van der Waals surface area (Å²) in [6.07, 6.45) is 8.58. The van der Waals surface area contributed by atoms with Crippen LogP contribution in [0.4, 0.5) is 17.3 Å². The third kappa shape index (κ3) is 5.55. The molecular weight excluding hydrogens is 506 g/mol. The van der Waals surface area contributed by atoms with Crippen LogP contribution in [0.2, 0.25) is 0 Å². The van der Waals surface area contributed by atoms with E-state index in [-0.39, 0.29) is 24.1 Å². The summed E-state index contributed by atoms with van der Waals surface area (Å²) in [6, 6.07) is 8.25. The lowest BCUT2D eigenvalue weighted by atomic mass is 9.72. The molecule has 210 valence electrons. The number of carbonyl (C=O) groups is 1. The van der Waals surface area contributed by atoms with Gasteiger partial charge in [0.15, 0.2) is 5.65 Å². The number of piperidine rings is 1. The number of hydrogen-bond acceptors (Lipinski definition) is 8. The van der Waals surface area contributed by atoms with Crippen molar-refractivity contribution in [3.63, 3.8) is 0 Å². The van der Waals surface area contributed by atoms with Crippen molar-refractivity contribution in [2.24, 2.45) is 10.4 Å². The monoisotopic (exact) mass is 543 g/mol. The molecule has 0 unspecified atom stereocenters. The molecule has 40 heavy (non-hydrogen) atoms. The maximum atomic E-state index is 13.2. The Kier molecular flexibility index (Phi) is 7.83. The largest absolute Gasteiger partial charge is 0.370 e. The van der Waals surface area contributed by atoms with Gasteiger partial charge in [0, 0.05) is 55.2 Å². The van der Waals surface area contributed by atoms with E-state index < -0.39 is 0 Å². The zero-order chi connectivity index (χ0) is 28.3. The minimum atomic E-state index is -0.270. The van der Waals surface area contributed by atoms with E-state index in [1.165, 1.54) is 35.5 Å². The number of aliphatic imine (C=N–C) groups is 1. The summed E-state index contributed by atoms with van der Waals surface area (Å²) in [4.78, 5) is 41.2. The molecule has 1 aromatic carbocycles. The predicted molar refractivity (Wildman–Crippen MR) is 160 cm³/mol. The zero-order valence-corrected chi connectivity index (χ0v) is 23.4. The number of hydrogen-bond donors (Lipinski definition) is 3. The lowest BCUT2D eigenvalue weighted by Crippen LogP contribution is -2.60. The summed E-state index contributed by atoms with van der Waals surface area (Å²) >= 11 is 0. The first-order valence-electron chi connectivity index (χ1n) is 13.7. The van der Waals surface area contributed by atoms with Crippen LogP contribution >= 0.6 is 0 Å². The number of nitrogens with one attached hydrogen (secondary N) is 3. The van der Waals surface area contributed by atoms with Crippen molar-refractivity contribution in [3.05, 3.63) is 65.6 Å². The van der Waals surface area contributed by atoms with Crippen molar-refractivity contribution < 1.29 is 4.79 Å². The van der Waals surface area contributed by atoms with Crippen molar-refractivity contribution >= 4 is 40.1 Å². The molecule has 0 bridgehead atoms. The number of nitrogens with zero attached hydrogens (tertiary/aromatic N) is 6. The molecule has 2 aromatic heterocycles. The molecule has 2 aliphatic rings. The molecule has 4 heterocycles. The Hall–Kier alpha value is -4.25. The highest BCUT2D eigenvalue weighted by Gasteiger charge is 2.43. The van der Waals surface area contributed by atoms with Crippen LogP contribution < -0.4 is 26.4 Å². The highest BCUT2D eigenvalue weighted by molar-refractivity contribution is 6.03. The highest BCUT2D eigenvalue weighted by atomic mass is 16.1. The normalized spacial score (nSPS) is 17.0. The number of anilines is 3. The van der Waals surface area contributed by atoms with Crippen LogP contribution in [0.25, 0.3) is 11.0 Å². The van der Waals surface area contributed by atoms with Gasteiger partial charge in [0.25, 0.3) is 5.56 Å². The molecule has 0 radical (unpaired) electrons. The minimum Gasteiger partial charge on any atom is -0.370 e. The van der Waals surface area contributed by atoms with Gasteiger partial charge >= 0.3 is 0 Å². The van der Waals surface area contributed by atoms with Crippen molar-refractivity contribution in [2.45, 2.75) is 39.3 Å². The van der Waals surface area contributed by atoms with Crippen LogP contribution in [0.5, 0.6) is 0 Å². The van der Waals surface area contributed by atoms with E-state index in [1.54, 1.807) is 23.9 Å². The fraction of sp³-hybridized carbons (Fsp3) is 0.414. The van der Waals surface area contributed by atoms with E-state index >= 15 is 0 Å². The molecule has 11 heteroatoms. The minimum absolute atomic E-state index is 0.00190. The van der Waals surface area contributed by atoms with Gasteiger partial charge in [0.05, 0.1) is 6.54 Å². The number of allylic oxidation sites excluding steroid dienone is 2. The molecule has 3 N–H and O–H groups in total. The average Bonchev–Trinajstić information content (AvgIpc) is 3.19. The second-order valence-electron chi connectivity index (χ2n) is 10.8. The lowest BCUT2D eigenvalue weighted by molar-refractivity contribution is -0.116. The van der Waals surface area contributed by atoms with Crippen molar-refractivity contribution in [2.75, 3.05) is 43.4 Å². The molecule has 0 aliphatic carbocycles. The Balaban J connectivity index is 1.38. The number of aromatic nitrogens is 4. The topological polar surface area (TPSA) is 121 Å². The SMILES string of the molecule is C=CCn1c(=O)c2cnc(Nc3ccc(N4CC5(CCNCC5)C4)cc3)nc2n1C(/C=C\C(=O)NC(C)C)=N/C. The Labute approximate surface area is 233 Å². The van der Waals surface area contributed by atoms with Crippen molar-refractivity contribution in [3.8, 4) is 0 Å². The summed E-state index contributed by atoms with van der Waals surface area (Å²) in [5, 5.41) is 9.86. The summed E-state index contributed by atoms with van der Waals surface area (Å²) < 4.78 is 3.06. The molecule has 2 aliphatic heterocycles. The summed E-state index contributed by atoms with van der Waals surface area (Å²) in [7, 11) is 1.60. The highest BCUT2D eigenvalue weighted by Crippen LogP contribution is 2.41. The maximum absolute atomic E-state index is 13.2. The first kappa shape index (κ1) is 27.3. The van der Waals surface area contributed by atoms with E-state index in [9.17, 15) is 9.59 Å². The van der Waals surface area contributed by atoms with Crippen LogP contribution in [0.3, 0.4) is 0 Å². The first-order chi connectivity index (χ1) is 19.3. The van der Waals surface area contributed by atoms with Crippen LogP contribution in [0.15, 0.2) is 65.1 Å². The van der Waals surface area contributed by atoms with Gasteiger partial charge in [-0.25, -0.2) is 14.3 Å². The molecule has 2 fully saturated rings. The van der Waals surface area contributed by atoms with E-state index in [0.29, 0.717) is 28.2 Å². The molecule has 11 nitrogen and oxygen atoms in total.